The van der Waals surface area contributed by atoms with Crippen molar-refractivity contribution in [1.29, 1.82) is 0 Å². The maximum atomic E-state index is 12.1. The molecule has 0 bridgehead atoms. The van der Waals surface area contributed by atoms with Crippen molar-refractivity contribution in [2.75, 3.05) is 12.9 Å². The molecule has 0 radical (unpaired) electrons. The summed E-state index contributed by atoms with van der Waals surface area (Å²) in [6.45, 7) is 1.96. The summed E-state index contributed by atoms with van der Waals surface area (Å²) >= 11 is 0. The number of carbonyl (C=O) groups excluding carboxylic acids is 1. The van der Waals surface area contributed by atoms with Gasteiger partial charge in [-0.15, -0.1) is 0 Å². The second-order valence-corrected chi connectivity index (χ2v) is 6.59. The fourth-order valence-electron chi connectivity index (χ4n) is 1.82. The third-order valence-electron chi connectivity index (χ3n) is 2.99. The molecule has 92 valence electrons. The van der Waals surface area contributed by atoms with Gasteiger partial charge in [0.1, 0.15) is 11.0 Å². The van der Waals surface area contributed by atoms with E-state index in [1.165, 1.54) is 6.92 Å². The number of rotatable bonds is 3. The Kier molecular flexibility index (Phi) is 2.95. The highest BCUT2D eigenvalue weighted by Gasteiger charge is 2.29. The fourth-order valence-corrected chi connectivity index (χ4v) is 2.34. The van der Waals surface area contributed by atoms with E-state index in [4.69, 9.17) is 4.74 Å². The molecule has 1 aromatic rings. The average Bonchev–Trinajstić information content (AvgIpc) is 2.73. The molecule has 0 saturated heterocycles. The molecule has 17 heavy (non-hydrogen) atoms. The molecule has 0 saturated carbocycles. The molecule has 1 atom stereocenters. The smallest absolute Gasteiger partial charge is 0.184 e. The summed E-state index contributed by atoms with van der Waals surface area (Å²) in [6.07, 6.45) is 1.84. The Labute approximate surface area is 101 Å². The number of carbonyl (C=O) groups is 1. The van der Waals surface area contributed by atoms with Crippen LogP contribution in [0.25, 0.3) is 0 Å². The van der Waals surface area contributed by atoms with Gasteiger partial charge in [-0.05, 0) is 18.6 Å². The molecule has 0 spiro atoms. The number of benzene rings is 1. The zero-order valence-corrected chi connectivity index (χ0v) is 10.6. The Morgan fingerprint density at radius 3 is 2.76 bits per heavy atom. The summed E-state index contributed by atoms with van der Waals surface area (Å²) < 4.78 is 28.2. The van der Waals surface area contributed by atoms with E-state index in [-0.39, 0.29) is 0 Å². The van der Waals surface area contributed by atoms with Gasteiger partial charge in [0.15, 0.2) is 15.6 Å². The molecule has 4 nitrogen and oxygen atoms in total. The number of hydrogen-bond donors (Lipinski definition) is 0. The molecule has 1 aliphatic heterocycles. The van der Waals surface area contributed by atoms with Crippen LogP contribution in [0.2, 0.25) is 0 Å². The maximum Gasteiger partial charge on any atom is 0.184 e. The molecule has 1 aromatic carbocycles. The predicted molar refractivity (Wildman–Crippen MR) is 64.3 cm³/mol. The van der Waals surface area contributed by atoms with E-state index in [0.717, 1.165) is 18.2 Å². The molecular formula is C12H14O4S. The van der Waals surface area contributed by atoms with E-state index in [0.29, 0.717) is 17.9 Å². The molecule has 1 unspecified atom stereocenters. The minimum atomic E-state index is -3.37. The van der Waals surface area contributed by atoms with Gasteiger partial charge in [0.25, 0.3) is 0 Å². The van der Waals surface area contributed by atoms with Gasteiger partial charge >= 0.3 is 0 Å². The number of sulfone groups is 1. The van der Waals surface area contributed by atoms with Crippen LogP contribution in [-0.4, -0.2) is 32.3 Å². The third kappa shape index (κ3) is 2.20. The number of Topliss-reactive ketones (excluding diaryl/α,β-unsaturated/α-hetero) is 1. The first-order valence-corrected chi connectivity index (χ1v) is 7.34. The minimum Gasteiger partial charge on any atom is -0.492 e. The van der Waals surface area contributed by atoms with E-state index in [9.17, 15) is 13.2 Å². The molecule has 5 heteroatoms. The lowest BCUT2D eigenvalue weighted by Gasteiger charge is -2.11. The van der Waals surface area contributed by atoms with Gasteiger partial charge in [0, 0.05) is 12.7 Å². The second-order valence-electron chi connectivity index (χ2n) is 4.23. The van der Waals surface area contributed by atoms with Gasteiger partial charge in [-0.1, -0.05) is 12.1 Å². The monoisotopic (exact) mass is 254 g/mol. The van der Waals surface area contributed by atoms with Gasteiger partial charge in [-0.2, -0.15) is 0 Å². The zero-order valence-electron chi connectivity index (χ0n) is 9.76. The maximum absolute atomic E-state index is 12.1. The topological polar surface area (TPSA) is 60.4 Å². The number of para-hydroxylation sites is 1. The summed E-state index contributed by atoms with van der Waals surface area (Å²) in [5.74, 6) is 0.152. The van der Waals surface area contributed by atoms with Crippen LogP contribution in [0.3, 0.4) is 0 Å². The van der Waals surface area contributed by atoms with Crippen molar-refractivity contribution in [1.82, 2.24) is 0 Å². The molecule has 2 rings (SSSR count). The van der Waals surface area contributed by atoms with E-state index in [1.807, 2.05) is 6.07 Å². The quantitative estimate of drug-likeness (QED) is 0.761. The van der Waals surface area contributed by atoms with Crippen LogP contribution in [-0.2, 0) is 16.3 Å². The Morgan fingerprint density at radius 1 is 1.41 bits per heavy atom. The van der Waals surface area contributed by atoms with Crippen molar-refractivity contribution in [3.05, 3.63) is 29.3 Å². The Hall–Kier alpha value is -1.36. The van der Waals surface area contributed by atoms with Crippen molar-refractivity contribution in [2.45, 2.75) is 18.6 Å². The highest BCUT2D eigenvalue weighted by molar-refractivity contribution is 7.92. The Morgan fingerprint density at radius 2 is 2.12 bits per heavy atom. The van der Waals surface area contributed by atoms with Gasteiger partial charge in [0.05, 0.1) is 12.2 Å². The zero-order chi connectivity index (χ0) is 12.6. The van der Waals surface area contributed by atoms with Crippen LogP contribution < -0.4 is 4.74 Å². The summed E-state index contributed by atoms with van der Waals surface area (Å²) in [6, 6.07) is 5.27. The largest absolute Gasteiger partial charge is 0.492 e. The van der Waals surface area contributed by atoms with Gasteiger partial charge in [-0.3, -0.25) is 4.79 Å². The molecule has 0 N–H and O–H groups in total. The number of fused-ring (bicyclic) bond motifs is 1. The van der Waals surface area contributed by atoms with Crippen LogP contribution in [0.1, 0.15) is 22.8 Å². The average molecular weight is 254 g/mol. The van der Waals surface area contributed by atoms with Crippen LogP contribution in [0.15, 0.2) is 18.2 Å². The van der Waals surface area contributed by atoms with E-state index >= 15 is 0 Å². The van der Waals surface area contributed by atoms with Crippen LogP contribution in [0.5, 0.6) is 5.75 Å². The van der Waals surface area contributed by atoms with E-state index < -0.39 is 20.9 Å². The molecule has 0 fully saturated rings. The standard InChI is InChI=1S/C12H14O4S/c1-8(17(2,14)15)11(13)10-5-3-4-9-6-7-16-12(9)10/h3-5,8H,6-7H2,1-2H3. The lowest BCUT2D eigenvalue weighted by Crippen LogP contribution is -2.26. The fraction of sp³-hybridized carbons (Fsp3) is 0.417. The number of ether oxygens (including phenoxy) is 1. The summed E-state index contributed by atoms with van der Waals surface area (Å²) in [5.41, 5.74) is 1.34. The second kappa shape index (κ2) is 4.14. The van der Waals surface area contributed by atoms with Crippen molar-refractivity contribution in [2.24, 2.45) is 0 Å². The van der Waals surface area contributed by atoms with Crippen molar-refractivity contribution >= 4 is 15.6 Å². The van der Waals surface area contributed by atoms with Crippen molar-refractivity contribution in [3.63, 3.8) is 0 Å². The van der Waals surface area contributed by atoms with Crippen LogP contribution >= 0.6 is 0 Å². The number of ketones is 1. The van der Waals surface area contributed by atoms with Crippen molar-refractivity contribution < 1.29 is 17.9 Å². The number of hydrogen-bond acceptors (Lipinski definition) is 4. The lowest BCUT2D eigenvalue weighted by atomic mass is 10.0. The first-order chi connectivity index (χ1) is 7.91. The van der Waals surface area contributed by atoms with E-state index in [2.05, 4.69) is 0 Å². The SMILES string of the molecule is CC(C(=O)c1cccc2c1OCC2)S(C)(=O)=O. The first-order valence-electron chi connectivity index (χ1n) is 5.39. The molecule has 0 amide bonds. The van der Waals surface area contributed by atoms with Gasteiger partial charge in [-0.25, -0.2) is 8.42 Å². The molecule has 1 aliphatic rings. The summed E-state index contributed by atoms with van der Waals surface area (Å²) in [7, 11) is -3.37. The molecule has 0 aromatic heterocycles. The highest BCUT2D eigenvalue weighted by atomic mass is 32.2. The normalized spacial score (nSPS) is 16.1. The van der Waals surface area contributed by atoms with Gasteiger partial charge in [0.2, 0.25) is 0 Å². The minimum absolute atomic E-state index is 0.373. The first kappa shape index (κ1) is 12.1. The molecular weight excluding hydrogens is 240 g/mol. The summed E-state index contributed by atoms with van der Waals surface area (Å²) in [5, 5.41) is -1.03. The molecule has 0 aliphatic carbocycles. The Bertz CT molecular complexity index is 560. The predicted octanol–water partition coefficient (Wildman–Crippen LogP) is 1.24. The summed E-state index contributed by atoms with van der Waals surface area (Å²) in [4.78, 5) is 12.1. The van der Waals surface area contributed by atoms with E-state index in [1.54, 1.807) is 12.1 Å². The Balaban J connectivity index is 2.43. The molecule has 1 heterocycles. The van der Waals surface area contributed by atoms with Crippen LogP contribution in [0.4, 0.5) is 0 Å². The van der Waals surface area contributed by atoms with Gasteiger partial charge < -0.3 is 4.74 Å². The lowest BCUT2D eigenvalue weighted by molar-refractivity contribution is 0.0988. The van der Waals surface area contributed by atoms with Crippen molar-refractivity contribution in [3.8, 4) is 5.75 Å². The highest BCUT2D eigenvalue weighted by Crippen LogP contribution is 2.30. The third-order valence-corrected chi connectivity index (χ3v) is 4.49. The van der Waals surface area contributed by atoms with Crippen LogP contribution in [0, 0.1) is 0 Å².